The number of aliphatic carboxylic acids is 1. The van der Waals surface area contributed by atoms with E-state index in [0.29, 0.717) is 13.2 Å². The zero-order valence-corrected chi connectivity index (χ0v) is 10.1. The van der Waals surface area contributed by atoms with Crippen LogP contribution in [-0.4, -0.2) is 40.6 Å². The van der Waals surface area contributed by atoms with Crippen molar-refractivity contribution in [2.75, 3.05) is 6.61 Å². The van der Waals surface area contributed by atoms with Crippen molar-refractivity contribution in [1.82, 2.24) is 4.90 Å². The molecule has 1 aliphatic rings. The normalized spacial score (nSPS) is 22.7. The van der Waals surface area contributed by atoms with Gasteiger partial charge in [-0.1, -0.05) is 30.3 Å². The first kappa shape index (κ1) is 12.6. The summed E-state index contributed by atoms with van der Waals surface area (Å²) in [6.45, 7) is 2.38. The molecule has 2 rings (SSSR count). The Morgan fingerprint density at radius 1 is 1.39 bits per heavy atom. The smallest absolute Gasteiger partial charge is 0.329 e. The third-order valence-corrected chi connectivity index (χ3v) is 2.94. The lowest BCUT2D eigenvalue weighted by Crippen LogP contribution is -2.68. The van der Waals surface area contributed by atoms with Gasteiger partial charge in [-0.15, -0.1) is 0 Å². The number of carboxylic acids is 1. The number of carbonyl (C=O) groups is 2. The van der Waals surface area contributed by atoms with Crippen LogP contribution < -0.4 is 0 Å². The Balaban J connectivity index is 2.09. The lowest BCUT2D eigenvalue weighted by Gasteiger charge is -2.43. The number of ether oxygens (including phenoxy) is 1. The molecule has 0 unspecified atom stereocenters. The number of amides is 1. The van der Waals surface area contributed by atoms with E-state index in [1.165, 1.54) is 4.90 Å². The third-order valence-electron chi connectivity index (χ3n) is 2.94. The Morgan fingerprint density at radius 3 is 2.61 bits per heavy atom. The van der Waals surface area contributed by atoms with Gasteiger partial charge in [-0.2, -0.15) is 0 Å². The highest BCUT2D eigenvalue weighted by atomic mass is 16.5. The van der Waals surface area contributed by atoms with Gasteiger partial charge in [0.1, 0.15) is 0 Å². The van der Waals surface area contributed by atoms with Gasteiger partial charge in [0, 0.05) is 13.2 Å². The number of hydrogen-bond donors (Lipinski definition) is 1. The molecule has 1 saturated heterocycles. The minimum absolute atomic E-state index is 0.256. The van der Waals surface area contributed by atoms with Crippen LogP contribution in [0.2, 0.25) is 0 Å². The Kier molecular flexibility index (Phi) is 3.62. The van der Waals surface area contributed by atoms with Crippen LogP contribution >= 0.6 is 0 Å². The van der Waals surface area contributed by atoms with E-state index >= 15 is 0 Å². The zero-order valence-electron chi connectivity index (χ0n) is 10.1. The van der Waals surface area contributed by atoms with E-state index < -0.39 is 18.1 Å². The molecule has 1 amide bonds. The molecule has 1 N–H and O–H groups in total. The van der Waals surface area contributed by atoms with E-state index in [9.17, 15) is 9.59 Å². The Hall–Kier alpha value is -1.88. The highest BCUT2D eigenvalue weighted by Gasteiger charge is 2.52. The maximum absolute atomic E-state index is 11.8. The van der Waals surface area contributed by atoms with Crippen LogP contribution in [0.4, 0.5) is 0 Å². The van der Waals surface area contributed by atoms with E-state index in [4.69, 9.17) is 9.84 Å². The maximum atomic E-state index is 11.8. The molecule has 0 aromatic heterocycles. The largest absolute Gasteiger partial charge is 0.480 e. The van der Waals surface area contributed by atoms with Gasteiger partial charge >= 0.3 is 5.97 Å². The van der Waals surface area contributed by atoms with Gasteiger partial charge in [-0.05, 0) is 12.5 Å². The quantitative estimate of drug-likeness (QED) is 0.787. The third kappa shape index (κ3) is 2.22. The predicted octanol–water partition coefficient (Wildman–Crippen LogP) is 0.887. The molecule has 1 aromatic rings. The number of likely N-dealkylation sites (tertiary alicyclic amines) is 1. The van der Waals surface area contributed by atoms with Gasteiger partial charge in [0.15, 0.2) is 12.1 Å². The van der Waals surface area contributed by atoms with Crippen LogP contribution in [0.3, 0.4) is 0 Å². The Morgan fingerprint density at radius 2 is 2.06 bits per heavy atom. The van der Waals surface area contributed by atoms with Crippen LogP contribution in [0.25, 0.3) is 0 Å². The zero-order chi connectivity index (χ0) is 13.1. The molecule has 2 atom stereocenters. The molecule has 0 radical (unpaired) electrons. The van der Waals surface area contributed by atoms with E-state index in [2.05, 4.69) is 0 Å². The molecule has 1 heterocycles. The summed E-state index contributed by atoms with van der Waals surface area (Å²) in [6, 6.07) is 8.43. The summed E-state index contributed by atoms with van der Waals surface area (Å²) in [7, 11) is 0. The number of carboxylic acid groups (broad SMARTS) is 1. The average molecular weight is 249 g/mol. The van der Waals surface area contributed by atoms with E-state index in [0.717, 1.165) is 5.56 Å². The number of carbonyl (C=O) groups excluding carboxylic acids is 1. The highest BCUT2D eigenvalue weighted by Crippen LogP contribution is 2.25. The van der Waals surface area contributed by atoms with Gasteiger partial charge in [-0.25, -0.2) is 4.79 Å². The average Bonchev–Trinajstić information content (AvgIpc) is 2.37. The molecule has 0 saturated carbocycles. The summed E-state index contributed by atoms with van der Waals surface area (Å²) in [4.78, 5) is 24.3. The maximum Gasteiger partial charge on any atom is 0.329 e. The van der Waals surface area contributed by atoms with Crippen LogP contribution in [0, 0.1) is 0 Å². The lowest BCUT2D eigenvalue weighted by atomic mass is 9.97. The molecule has 1 aliphatic heterocycles. The Bertz CT molecular complexity index is 446. The lowest BCUT2D eigenvalue weighted by molar-refractivity contribution is -0.186. The first-order valence-electron chi connectivity index (χ1n) is 5.84. The van der Waals surface area contributed by atoms with E-state index in [1.807, 2.05) is 30.3 Å². The SMILES string of the molecule is CCO[C@H]1C(=O)N(Cc2ccccc2)[C@@H]1C(=O)O. The van der Waals surface area contributed by atoms with Crippen LogP contribution in [0.5, 0.6) is 0 Å². The van der Waals surface area contributed by atoms with Crippen molar-refractivity contribution in [2.45, 2.75) is 25.6 Å². The van der Waals surface area contributed by atoms with Crippen LogP contribution in [0.15, 0.2) is 30.3 Å². The van der Waals surface area contributed by atoms with Crippen molar-refractivity contribution < 1.29 is 19.4 Å². The van der Waals surface area contributed by atoms with Crippen LogP contribution in [-0.2, 0) is 20.9 Å². The van der Waals surface area contributed by atoms with Crippen molar-refractivity contribution in [1.29, 1.82) is 0 Å². The minimum atomic E-state index is -1.02. The number of rotatable bonds is 5. The summed E-state index contributed by atoms with van der Waals surface area (Å²) >= 11 is 0. The van der Waals surface area contributed by atoms with Crippen LogP contribution in [0.1, 0.15) is 12.5 Å². The minimum Gasteiger partial charge on any atom is -0.480 e. The number of benzene rings is 1. The van der Waals surface area contributed by atoms with Gasteiger partial charge in [0.05, 0.1) is 0 Å². The number of β-lactam (4-membered cyclic amide) rings is 1. The summed E-state index contributed by atoms with van der Waals surface area (Å²) in [5.74, 6) is -1.28. The molecule has 5 nitrogen and oxygen atoms in total. The molecular formula is C13H15NO4. The number of nitrogens with zero attached hydrogens (tertiary/aromatic N) is 1. The van der Waals surface area contributed by atoms with Gasteiger partial charge in [-0.3, -0.25) is 4.79 Å². The second-order valence-electron chi connectivity index (χ2n) is 4.11. The second-order valence-corrected chi connectivity index (χ2v) is 4.11. The molecular weight excluding hydrogens is 234 g/mol. The molecule has 1 fully saturated rings. The fourth-order valence-corrected chi connectivity index (χ4v) is 2.08. The first-order valence-corrected chi connectivity index (χ1v) is 5.84. The fraction of sp³-hybridized carbons (Fsp3) is 0.385. The Labute approximate surface area is 105 Å². The second kappa shape index (κ2) is 5.18. The first-order chi connectivity index (χ1) is 8.65. The van der Waals surface area contributed by atoms with Gasteiger partial charge in [0.2, 0.25) is 0 Å². The topological polar surface area (TPSA) is 66.8 Å². The standard InChI is InChI=1S/C13H15NO4/c1-2-18-11-10(13(16)17)14(12(11)15)8-9-6-4-3-5-7-9/h3-7,10-11H,2,8H2,1H3,(H,16,17)/t10-,11+/m0/s1. The van der Waals surface area contributed by atoms with Crippen molar-refractivity contribution in [3.63, 3.8) is 0 Å². The van der Waals surface area contributed by atoms with Crippen molar-refractivity contribution >= 4 is 11.9 Å². The molecule has 0 aliphatic carbocycles. The van der Waals surface area contributed by atoms with Crippen molar-refractivity contribution in [3.05, 3.63) is 35.9 Å². The fourth-order valence-electron chi connectivity index (χ4n) is 2.08. The summed E-state index contributed by atoms with van der Waals surface area (Å²) in [5, 5.41) is 9.12. The molecule has 0 bridgehead atoms. The molecule has 0 spiro atoms. The summed E-state index contributed by atoms with van der Waals surface area (Å²) < 4.78 is 5.16. The predicted molar refractivity (Wildman–Crippen MR) is 63.8 cm³/mol. The van der Waals surface area contributed by atoms with Gasteiger partial charge < -0.3 is 14.7 Å². The number of hydrogen-bond acceptors (Lipinski definition) is 3. The van der Waals surface area contributed by atoms with Crippen molar-refractivity contribution in [2.24, 2.45) is 0 Å². The summed E-state index contributed by atoms with van der Waals surface area (Å²) in [5.41, 5.74) is 0.909. The molecule has 18 heavy (non-hydrogen) atoms. The summed E-state index contributed by atoms with van der Waals surface area (Å²) in [6.07, 6.45) is -0.837. The molecule has 96 valence electrons. The van der Waals surface area contributed by atoms with Crippen molar-refractivity contribution in [3.8, 4) is 0 Å². The highest BCUT2D eigenvalue weighted by molar-refractivity contribution is 5.98. The monoisotopic (exact) mass is 249 g/mol. The molecule has 5 heteroatoms. The van der Waals surface area contributed by atoms with E-state index in [-0.39, 0.29) is 5.91 Å². The van der Waals surface area contributed by atoms with Gasteiger partial charge in [0.25, 0.3) is 5.91 Å². The molecule has 1 aromatic carbocycles. The van der Waals surface area contributed by atoms with E-state index in [1.54, 1.807) is 6.92 Å².